The van der Waals surface area contributed by atoms with Gasteiger partial charge >= 0.3 is 5.97 Å². The summed E-state index contributed by atoms with van der Waals surface area (Å²) in [5, 5.41) is 21.4. The van der Waals surface area contributed by atoms with Crippen LogP contribution >= 0.6 is 34.8 Å². The third kappa shape index (κ3) is 6.06. The van der Waals surface area contributed by atoms with Gasteiger partial charge in [0, 0.05) is 10.4 Å². The lowest BCUT2D eigenvalue weighted by Gasteiger charge is -2.29. The highest BCUT2D eigenvalue weighted by Crippen LogP contribution is 2.35. The van der Waals surface area contributed by atoms with Crippen molar-refractivity contribution >= 4 is 68.7 Å². The highest BCUT2D eigenvalue weighted by Gasteiger charge is 2.30. The lowest BCUT2D eigenvalue weighted by atomic mass is 9.83. The van der Waals surface area contributed by atoms with E-state index in [1.165, 1.54) is 0 Å². The Labute approximate surface area is 225 Å². The van der Waals surface area contributed by atoms with E-state index >= 15 is 0 Å². The lowest BCUT2D eigenvalue weighted by molar-refractivity contribution is -0.140. The van der Waals surface area contributed by atoms with Crippen LogP contribution in [0.5, 0.6) is 0 Å². The molecule has 4 N–H and O–H groups in total. The van der Waals surface area contributed by atoms with E-state index in [0.717, 1.165) is 43.0 Å². The highest BCUT2D eigenvalue weighted by atomic mass is 35.5. The Morgan fingerprint density at radius 3 is 2.33 bits per heavy atom. The van der Waals surface area contributed by atoms with Gasteiger partial charge in [0.1, 0.15) is 17.6 Å². The van der Waals surface area contributed by atoms with Gasteiger partial charge in [0.2, 0.25) is 0 Å². The van der Waals surface area contributed by atoms with Crippen molar-refractivity contribution in [3.05, 3.63) is 82.2 Å². The first kappa shape index (κ1) is 26.1. The lowest BCUT2D eigenvalue weighted by Crippen LogP contribution is -2.42. The number of carboxylic acids is 1. The first-order valence-corrected chi connectivity index (χ1v) is 12.8. The number of nitrogens with one attached hydrogen (secondary N) is 3. The van der Waals surface area contributed by atoms with Crippen molar-refractivity contribution in [1.29, 1.82) is 0 Å². The number of para-hydroxylation sites is 1. The molecule has 36 heavy (non-hydrogen) atoms. The summed E-state index contributed by atoms with van der Waals surface area (Å²) in [6.45, 7) is 8.20. The molecule has 9 heteroatoms. The normalized spacial score (nSPS) is 14.8. The van der Waals surface area contributed by atoms with E-state index < -0.39 is 12.0 Å². The topological polar surface area (TPSA) is 86.3 Å². The molecule has 1 aliphatic carbocycles. The molecule has 0 bridgehead atoms. The molecule has 6 nitrogen and oxygen atoms in total. The Hall–Kier alpha value is -2.93. The standard InChI is InChI=1S/C27H27Cl3N4O2/c1-15(31-25(27(35)36)17-8-4-3-5-9-17)24-23(12-18-10-6-7-11-22(18)34-24)32-16(2)33-26-20(29)13-19(28)14-21(26)30/h6-7,10-14,17,25,31-33H,1-5,8-9H2,(H,35,36). The third-order valence-corrected chi connectivity index (χ3v) is 7.11. The van der Waals surface area contributed by atoms with Gasteiger partial charge < -0.3 is 21.1 Å². The van der Waals surface area contributed by atoms with Gasteiger partial charge in [0.15, 0.2) is 0 Å². The van der Waals surface area contributed by atoms with Crippen molar-refractivity contribution in [3.63, 3.8) is 0 Å². The number of hydrogen-bond acceptors (Lipinski definition) is 5. The maximum Gasteiger partial charge on any atom is 0.326 e. The van der Waals surface area contributed by atoms with Crippen LogP contribution in [0.4, 0.5) is 11.4 Å². The summed E-state index contributed by atoms with van der Waals surface area (Å²) < 4.78 is 0. The number of aliphatic carboxylic acids is 1. The van der Waals surface area contributed by atoms with Crippen LogP contribution in [0.3, 0.4) is 0 Å². The van der Waals surface area contributed by atoms with Crippen LogP contribution in [0.1, 0.15) is 37.8 Å². The molecule has 1 heterocycles. The molecule has 4 rings (SSSR count). The summed E-state index contributed by atoms with van der Waals surface area (Å²) in [7, 11) is 0. The summed E-state index contributed by atoms with van der Waals surface area (Å²) >= 11 is 18.6. The predicted molar refractivity (Wildman–Crippen MR) is 150 cm³/mol. The van der Waals surface area contributed by atoms with Gasteiger partial charge in [-0.1, -0.05) is 85.4 Å². The van der Waals surface area contributed by atoms with Crippen molar-refractivity contribution in [2.24, 2.45) is 5.92 Å². The first-order valence-electron chi connectivity index (χ1n) is 11.7. The molecule has 1 aliphatic rings. The molecule has 0 aliphatic heterocycles. The van der Waals surface area contributed by atoms with E-state index in [1.54, 1.807) is 12.1 Å². The maximum absolute atomic E-state index is 12.1. The number of rotatable bonds is 9. The molecule has 1 fully saturated rings. The minimum atomic E-state index is -0.892. The Morgan fingerprint density at radius 1 is 1.00 bits per heavy atom. The first-order chi connectivity index (χ1) is 17.2. The largest absolute Gasteiger partial charge is 0.480 e. The fraction of sp³-hybridized carbons (Fsp3) is 0.259. The van der Waals surface area contributed by atoms with Crippen molar-refractivity contribution in [2.75, 3.05) is 10.6 Å². The van der Waals surface area contributed by atoms with Gasteiger partial charge in [0.25, 0.3) is 0 Å². The molecule has 2 aromatic carbocycles. The second-order valence-electron chi connectivity index (χ2n) is 8.89. The number of aromatic nitrogens is 1. The van der Waals surface area contributed by atoms with Crippen molar-refractivity contribution in [1.82, 2.24) is 10.3 Å². The van der Waals surface area contributed by atoms with Gasteiger partial charge in [-0.3, -0.25) is 0 Å². The molecule has 1 saturated carbocycles. The average Bonchev–Trinajstić information content (AvgIpc) is 2.84. The monoisotopic (exact) mass is 544 g/mol. The van der Waals surface area contributed by atoms with Crippen LogP contribution in [0.15, 0.2) is 61.4 Å². The van der Waals surface area contributed by atoms with Gasteiger partial charge in [-0.2, -0.15) is 0 Å². The van der Waals surface area contributed by atoms with Crippen LogP contribution in [0.25, 0.3) is 16.6 Å². The number of halogens is 3. The SMILES string of the molecule is C=C(Nc1cc2ccccc2nc1C(=C)NC(C(=O)O)C1CCCCC1)Nc1c(Cl)cc(Cl)cc1Cl. The van der Waals surface area contributed by atoms with Crippen LogP contribution in [0.2, 0.25) is 15.1 Å². The van der Waals surface area contributed by atoms with E-state index in [4.69, 9.17) is 39.8 Å². The van der Waals surface area contributed by atoms with E-state index in [2.05, 4.69) is 29.1 Å². The minimum absolute atomic E-state index is 0.0377. The zero-order valence-corrected chi connectivity index (χ0v) is 21.9. The zero-order chi connectivity index (χ0) is 25.8. The Morgan fingerprint density at radius 2 is 1.67 bits per heavy atom. The molecule has 1 unspecified atom stereocenters. The summed E-state index contributed by atoms with van der Waals surface area (Å²) in [6, 6.07) is 12.0. The number of pyridine rings is 1. The van der Waals surface area contributed by atoms with Gasteiger partial charge in [-0.25, -0.2) is 9.78 Å². The fourth-order valence-electron chi connectivity index (χ4n) is 4.55. The van der Waals surface area contributed by atoms with Gasteiger partial charge in [-0.15, -0.1) is 0 Å². The second kappa shape index (κ2) is 11.4. The number of benzene rings is 2. The number of fused-ring (bicyclic) bond motifs is 1. The Kier molecular flexibility index (Phi) is 8.29. The summed E-state index contributed by atoms with van der Waals surface area (Å²) in [4.78, 5) is 16.9. The van der Waals surface area contributed by atoms with E-state index in [9.17, 15) is 9.90 Å². The third-order valence-electron chi connectivity index (χ3n) is 6.30. The zero-order valence-electron chi connectivity index (χ0n) is 19.6. The van der Waals surface area contributed by atoms with Crippen molar-refractivity contribution in [3.8, 4) is 0 Å². The van der Waals surface area contributed by atoms with E-state index in [1.807, 2.05) is 30.3 Å². The Balaban J connectivity index is 1.63. The van der Waals surface area contributed by atoms with Gasteiger partial charge in [-0.05, 0) is 43.0 Å². The van der Waals surface area contributed by atoms with Crippen LogP contribution in [0, 0.1) is 5.92 Å². The molecule has 3 aromatic rings. The van der Waals surface area contributed by atoms with Crippen LogP contribution in [-0.2, 0) is 4.79 Å². The molecule has 0 radical (unpaired) electrons. The number of carboxylic acid groups (broad SMARTS) is 1. The molecule has 1 aromatic heterocycles. The molecular weight excluding hydrogens is 519 g/mol. The molecule has 0 spiro atoms. The summed E-state index contributed by atoms with van der Waals surface area (Å²) in [6.07, 6.45) is 4.95. The average molecular weight is 546 g/mol. The van der Waals surface area contributed by atoms with Crippen molar-refractivity contribution in [2.45, 2.75) is 38.1 Å². The number of carbonyl (C=O) groups is 1. The molecular formula is C27H27Cl3N4O2. The molecule has 1 atom stereocenters. The highest BCUT2D eigenvalue weighted by molar-refractivity contribution is 6.41. The van der Waals surface area contributed by atoms with Crippen molar-refractivity contribution < 1.29 is 9.90 Å². The smallest absolute Gasteiger partial charge is 0.326 e. The quantitative estimate of drug-likeness (QED) is 0.220. The predicted octanol–water partition coefficient (Wildman–Crippen LogP) is 7.78. The Bertz CT molecular complexity index is 1300. The molecule has 188 valence electrons. The number of anilines is 2. The van der Waals surface area contributed by atoms with Crippen LogP contribution < -0.4 is 16.0 Å². The fourth-order valence-corrected chi connectivity index (χ4v) is 5.46. The van der Waals surface area contributed by atoms with E-state index in [-0.39, 0.29) is 5.92 Å². The second-order valence-corrected chi connectivity index (χ2v) is 10.1. The number of hydrogen-bond donors (Lipinski definition) is 4. The maximum atomic E-state index is 12.1. The molecule has 0 saturated heterocycles. The number of nitrogens with zero attached hydrogens (tertiary/aromatic N) is 1. The molecule has 0 amide bonds. The summed E-state index contributed by atoms with van der Waals surface area (Å²) in [5.41, 5.74) is 2.71. The van der Waals surface area contributed by atoms with Crippen LogP contribution in [-0.4, -0.2) is 22.1 Å². The minimum Gasteiger partial charge on any atom is -0.480 e. The van der Waals surface area contributed by atoms with Gasteiger partial charge in [0.05, 0.1) is 32.6 Å². The van der Waals surface area contributed by atoms with E-state index in [0.29, 0.717) is 43.7 Å². The summed E-state index contributed by atoms with van der Waals surface area (Å²) in [5.74, 6) is -0.471.